The predicted molar refractivity (Wildman–Crippen MR) is 105 cm³/mol. The minimum absolute atomic E-state index is 0.0386. The van der Waals surface area contributed by atoms with Crippen molar-refractivity contribution in [2.75, 3.05) is 0 Å². The van der Waals surface area contributed by atoms with Crippen LogP contribution in [-0.4, -0.2) is 24.8 Å². The second-order valence-corrected chi connectivity index (χ2v) is 6.79. The van der Waals surface area contributed by atoms with E-state index in [0.717, 1.165) is 27.7 Å². The summed E-state index contributed by atoms with van der Waals surface area (Å²) in [6.07, 6.45) is 0.248. The van der Waals surface area contributed by atoms with Crippen molar-refractivity contribution in [2.45, 2.75) is 26.3 Å². The normalized spacial score (nSPS) is 11.0. The Morgan fingerprint density at radius 1 is 1.20 bits per heavy atom. The number of hydrogen-bond acceptors (Lipinski definition) is 2. The van der Waals surface area contributed by atoms with Crippen LogP contribution in [0.15, 0.2) is 48.5 Å². The third-order valence-corrected chi connectivity index (χ3v) is 4.05. The number of halogens is 1. The Kier molecular flexibility index (Phi) is 5.09. The zero-order valence-corrected chi connectivity index (χ0v) is 15.0. The minimum Gasteiger partial charge on any atom is -0.354 e. The first-order valence-electron chi connectivity index (χ1n) is 8.17. The number of carbonyl (C=O) groups is 1. The predicted octanol–water partition coefficient (Wildman–Crippen LogP) is 3.42. The molecule has 3 nitrogen and oxygen atoms in total. The molecular weight excluding hydrogens is 330 g/mol. The summed E-state index contributed by atoms with van der Waals surface area (Å²) in [6, 6.07) is 15.1. The number of hydrogen-bond donors (Lipinski definition) is 1. The maximum absolute atomic E-state index is 12.3. The van der Waals surface area contributed by atoms with Crippen molar-refractivity contribution >= 4 is 41.7 Å². The summed E-state index contributed by atoms with van der Waals surface area (Å²) in [5, 5.41) is 4.47. The Balaban J connectivity index is 2.13. The van der Waals surface area contributed by atoms with Crippen LogP contribution >= 0.6 is 11.6 Å². The van der Waals surface area contributed by atoms with Crippen molar-refractivity contribution in [3.63, 3.8) is 0 Å². The van der Waals surface area contributed by atoms with E-state index >= 15 is 0 Å². The maximum atomic E-state index is 12.3. The van der Waals surface area contributed by atoms with Gasteiger partial charge < -0.3 is 5.32 Å². The van der Waals surface area contributed by atoms with Gasteiger partial charge in [0.25, 0.3) is 0 Å². The van der Waals surface area contributed by atoms with E-state index in [0.29, 0.717) is 10.5 Å². The number of benzene rings is 2. The van der Waals surface area contributed by atoms with Crippen LogP contribution in [0.3, 0.4) is 0 Å². The highest BCUT2D eigenvalue weighted by molar-refractivity contribution is 6.33. The van der Waals surface area contributed by atoms with Gasteiger partial charge in [-0.1, -0.05) is 41.3 Å². The monoisotopic (exact) mass is 348 g/mol. The lowest BCUT2D eigenvalue weighted by Gasteiger charge is -2.13. The Labute approximate surface area is 153 Å². The summed E-state index contributed by atoms with van der Waals surface area (Å²) >= 11 is 6.14. The number of carbonyl (C=O) groups excluding carboxylic acids is 1. The summed E-state index contributed by atoms with van der Waals surface area (Å²) < 4.78 is 0. The number of fused-ring (bicyclic) bond motifs is 1. The van der Waals surface area contributed by atoms with E-state index in [4.69, 9.17) is 24.4 Å². The largest absolute Gasteiger partial charge is 0.354 e. The fourth-order valence-electron chi connectivity index (χ4n) is 2.81. The van der Waals surface area contributed by atoms with Crippen LogP contribution in [0.2, 0.25) is 5.02 Å². The van der Waals surface area contributed by atoms with Crippen LogP contribution < -0.4 is 10.8 Å². The van der Waals surface area contributed by atoms with Crippen LogP contribution in [0.1, 0.15) is 19.4 Å². The molecule has 5 heteroatoms. The summed E-state index contributed by atoms with van der Waals surface area (Å²) in [4.78, 5) is 17.1. The molecule has 0 spiro atoms. The van der Waals surface area contributed by atoms with Crippen LogP contribution in [0.5, 0.6) is 0 Å². The molecule has 1 amide bonds. The lowest BCUT2D eigenvalue weighted by Crippen LogP contribution is -2.31. The first-order chi connectivity index (χ1) is 11.9. The molecule has 0 saturated carbocycles. The third kappa shape index (κ3) is 4.20. The molecule has 0 aliphatic carbocycles. The first-order valence-corrected chi connectivity index (χ1v) is 8.54. The van der Waals surface area contributed by atoms with E-state index in [-0.39, 0.29) is 18.4 Å². The number of nitrogens with zero attached hydrogens (tertiary/aromatic N) is 1. The maximum Gasteiger partial charge on any atom is 0.224 e. The Bertz CT molecular complexity index is 940. The molecule has 3 aromatic rings. The SMILES string of the molecule is [B]c1ccc2nc(-c3cccc(Cl)c3)c(CC(=O)NC(C)C)cc2c1. The van der Waals surface area contributed by atoms with E-state index < -0.39 is 0 Å². The molecule has 0 saturated heterocycles. The number of aromatic nitrogens is 1. The van der Waals surface area contributed by atoms with Crippen LogP contribution in [0, 0.1) is 0 Å². The van der Waals surface area contributed by atoms with Gasteiger partial charge in [0.1, 0.15) is 7.85 Å². The second kappa shape index (κ2) is 7.28. The van der Waals surface area contributed by atoms with Gasteiger partial charge >= 0.3 is 0 Å². The minimum atomic E-state index is -0.0386. The Morgan fingerprint density at radius 2 is 2.00 bits per heavy atom. The quantitative estimate of drug-likeness (QED) is 0.734. The highest BCUT2D eigenvalue weighted by atomic mass is 35.5. The fourth-order valence-corrected chi connectivity index (χ4v) is 3.00. The molecule has 2 aromatic carbocycles. The van der Waals surface area contributed by atoms with Gasteiger partial charge in [0.15, 0.2) is 0 Å². The summed E-state index contributed by atoms with van der Waals surface area (Å²) in [7, 11) is 5.89. The van der Waals surface area contributed by atoms with Gasteiger partial charge in [-0.15, -0.1) is 0 Å². The molecule has 0 fully saturated rings. The fraction of sp³-hybridized carbons (Fsp3) is 0.200. The molecule has 124 valence electrons. The van der Waals surface area contributed by atoms with Crippen LogP contribution in [-0.2, 0) is 11.2 Å². The van der Waals surface area contributed by atoms with Crippen LogP contribution in [0.4, 0.5) is 0 Å². The summed E-state index contributed by atoms with van der Waals surface area (Å²) in [6.45, 7) is 3.88. The molecule has 0 atom stereocenters. The van der Waals surface area contributed by atoms with E-state index in [1.54, 1.807) is 0 Å². The van der Waals surface area contributed by atoms with E-state index in [9.17, 15) is 4.79 Å². The van der Waals surface area contributed by atoms with Gasteiger partial charge in [-0.25, -0.2) is 4.98 Å². The molecule has 1 N–H and O–H groups in total. The van der Waals surface area contributed by atoms with E-state index in [1.807, 2.05) is 62.4 Å². The second-order valence-electron chi connectivity index (χ2n) is 6.36. The Hall–Kier alpha value is -2.33. The summed E-state index contributed by atoms with van der Waals surface area (Å²) in [5.74, 6) is -0.0386. The van der Waals surface area contributed by atoms with Crippen LogP contribution in [0.25, 0.3) is 22.2 Å². The number of nitrogens with one attached hydrogen (secondary N) is 1. The average molecular weight is 349 g/mol. The van der Waals surface area contributed by atoms with Gasteiger partial charge in [0.2, 0.25) is 5.91 Å². The molecule has 1 heterocycles. The lowest BCUT2D eigenvalue weighted by atomic mass is 9.93. The molecule has 3 rings (SSSR count). The topological polar surface area (TPSA) is 42.0 Å². The third-order valence-electron chi connectivity index (χ3n) is 3.82. The highest BCUT2D eigenvalue weighted by Crippen LogP contribution is 2.27. The molecular formula is C20H18BClN2O. The zero-order valence-electron chi connectivity index (χ0n) is 14.2. The van der Waals surface area contributed by atoms with Crippen molar-refractivity contribution in [3.05, 3.63) is 59.1 Å². The Morgan fingerprint density at radius 3 is 2.72 bits per heavy atom. The number of rotatable bonds is 4. The van der Waals surface area contributed by atoms with Crippen molar-refractivity contribution in [3.8, 4) is 11.3 Å². The highest BCUT2D eigenvalue weighted by Gasteiger charge is 2.14. The molecule has 0 aliphatic heterocycles. The molecule has 2 radical (unpaired) electrons. The first kappa shape index (κ1) is 17.5. The van der Waals surface area contributed by atoms with E-state index in [2.05, 4.69) is 5.32 Å². The van der Waals surface area contributed by atoms with E-state index in [1.165, 1.54) is 0 Å². The summed E-state index contributed by atoms with van der Waals surface area (Å²) in [5.41, 5.74) is 4.00. The van der Waals surface area contributed by atoms with Gasteiger partial charge in [-0.2, -0.15) is 0 Å². The molecule has 1 aromatic heterocycles. The zero-order chi connectivity index (χ0) is 18.0. The van der Waals surface area contributed by atoms with Crippen molar-refractivity contribution in [1.82, 2.24) is 10.3 Å². The molecule has 0 unspecified atom stereocenters. The number of pyridine rings is 1. The van der Waals surface area contributed by atoms with Crippen molar-refractivity contribution < 1.29 is 4.79 Å². The van der Waals surface area contributed by atoms with Gasteiger partial charge in [0.05, 0.1) is 17.6 Å². The van der Waals surface area contributed by atoms with Gasteiger partial charge in [0, 0.05) is 16.6 Å². The van der Waals surface area contributed by atoms with Crippen molar-refractivity contribution in [2.24, 2.45) is 0 Å². The van der Waals surface area contributed by atoms with Crippen molar-refractivity contribution in [1.29, 1.82) is 0 Å². The average Bonchev–Trinajstić information content (AvgIpc) is 2.53. The molecule has 25 heavy (non-hydrogen) atoms. The molecule has 0 aliphatic rings. The van der Waals surface area contributed by atoms with Gasteiger partial charge in [-0.3, -0.25) is 4.79 Å². The molecule has 0 bridgehead atoms. The standard InChI is InChI=1S/C20H18BClN2O/c1-12(2)23-19(25)11-15-8-14-9-16(21)6-7-18(14)24-20(15)13-4-3-5-17(22)10-13/h3-10,12H,11H2,1-2H3,(H,23,25). The smallest absolute Gasteiger partial charge is 0.224 e. The van der Waals surface area contributed by atoms with Gasteiger partial charge in [-0.05, 0) is 49.1 Å². The lowest BCUT2D eigenvalue weighted by molar-refractivity contribution is -0.120. The number of amides is 1.